The molecule has 0 unspecified atom stereocenters. The van der Waals surface area contributed by atoms with Crippen LogP contribution < -0.4 is 14.8 Å². The van der Waals surface area contributed by atoms with E-state index in [0.29, 0.717) is 49.1 Å². The van der Waals surface area contributed by atoms with Gasteiger partial charge >= 0.3 is 0 Å². The van der Waals surface area contributed by atoms with Gasteiger partial charge in [0.1, 0.15) is 19.3 Å². The van der Waals surface area contributed by atoms with E-state index in [1.165, 1.54) is 0 Å². The van der Waals surface area contributed by atoms with Crippen molar-refractivity contribution in [1.82, 2.24) is 10.2 Å². The van der Waals surface area contributed by atoms with Gasteiger partial charge in [0.2, 0.25) is 11.8 Å². The van der Waals surface area contributed by atoms with Crippen molar-refractivity contribution in [1.29, 1.82) is 0 Å². The van der Waals surface area contributed by atoms with Crippen LogP contribution in [0.1, 0.15) is 36.9 Å². The van der Waals surface area contributed by atoms with Crippen LogP contribution >= 0.6 is 11.6 Å². The van der Waals surface area contributed by atoms with E-state index in [-0.39, 0.29) is 17.9 Å². The van der Waals surface area contributed by atoms with Crippen LogP contribution in [0.25, 0.3) is 0 Å². The Morgan fingerprint density at radius 3 is 2.76 bits per heavy atom. The third kappa shape index (κ3) is 4.17. The molecule has 1 fully saturated rings. The maximum Gasteiger partial charge on any atom is 0.243 e. The average molecular weight is 415 g/mol. The second kappa shape index (κ2) is 8.33. The Morgan fingerprint density at radius 2 is 1.97 bits per heavy atom. The number of amides is 2. The average Bonchev–Trinajstić information content (AvgIpc) is 3.09. The fourth-order valence-corrected chi connectivity index (χ4v) is 3.93. The molecule has 0 radical (unpaired) electrons. The number of fused-ring (bicyclic) bond motifs is 1. The molecule has 2 aliphatic rings. The van der Waals surface area contributed by atoms with E-state index in [9.17, 15) is 9.59 Å². The third-order valence-electron chi connectivity index (χ3n) is 5.35. The van der Waals surface area contributed by atoms with Gasteiger partial charge in [-0.15, -0.1) is 0 Å². The number of carbonyl (C=O) groups excluding carboxylic acids is 2. The summed E-state index contributed by atoms with van der Waals surface area (Å²) in [4.78, 5) is 27.0. The Bertz CT molecular complexity index is 933. The molecule has 0 bridgehead atoms. The predicted octanol–water partition coefficient (Wildman–Crippen LogP) is 3.48. The van der Waals surface area contributed by atoms with Gasteiger partial charge in [-0.25, -0.2) is 0 Å². The number of nitrogens with zero attached hydrogens (tertiary/aromatic N) is 1. The van der Waals surface area contributed by atoms with E-state index in [4.69, 9.17) is 21.1 Å². The summed E-state index contributed by atoms with van der Waals surface area (Å²) in [5, 5.41) is 3.63. The highest BCUT2D eigenvalue weighted by Gasteiger charge is 2.36. The topological polar surface area (TPSA) is 67.9 Å². The molecule has 0 spiro atoms. The van der Waals surface area contributed by atoms with Crippen LogP contribution in [0.3, 0.4) is 0 Å². The van der Waals surface area contributed by atoms with E-state index in [2.05, 4.69) is 5.32 Å². The molecule has 0 saturated carbocycles. The van der Waals surface area contributed by atoms with Gasteiger partial charge in [-0.3, -0.25) is 9.59 Å². The zero-order valence-electron chi connectivity index (χ0n) is 16.2. The standard InChI is InChI=1S/C22H23ClN2O4/c1-14(15-6-8-19-20(12-15)29-11-10-28-19)24-22(27)18-7-9-21(26)25(18)13-16-4-2-3-5-17(16)23/h2-6,8,12,14,18H,7,9-11,13H2,1H3,(H,24,27)/t14-,18+/m1/s1. The van der Waals surface area contributed by atoms with Crippen molar-refractivity contribution < 1.29 is 19.1 Å². The van der Waals surface area contributed by atoms with E-state index >= 15 is 0 Å². The van der Waals surface area contributed by atoms with Crippen LogP contribution in [-0.2, 0) is 16.1 Å². The highest BCUT2D eigenvalue weighted by Crippen LogP contribution is 2.33. The van der Waals surface area contributed by atoms with Crippen molar-refractivity contribution in [2.45, 2.75) is 38.4 Å². The lowest BCUT2D eigenvalue weighted by Gasteiger charge is -2.26. The van der Waals surface area contributed by atoms with E-state index in [1.54, 1.807) is 11.0 Å². The summed E-state index contributed by atoms with van der Waals surface area (Å²) in [7, 11) is 0. The zero-order chi connectivity index (χ0) is 20.4. The molecule has 2 heterocycles. The second-order valence-corrected chi connectivity index (χ2v) is 7.71. The van der Waals surface area contributed by atoms with E-state index in [1.807, 2.05) is 43.3 Å². The normalized spacial score (nSPS) is 19.2. The molecule has 2 aliphatic heterocycles. The zero-order valence-corrected chi connectivity index (χ0v) is 16.9. The maximum atomic E-state index is 13.0. The van der Waals surface area contributed by atoms with Gasteiger partial charge in [0.15, 0.2) is 11.5 Å². The molecule has 0 aliphatic carbocycles. The van der Waals surface area contributed by atoms with Crippen LogP contribution in [0, 0.1) is 0 Å². The SMILES string of the molecule is C[C@@H](NC(=O)[C@@H]1CCC(=O)N1Cc1ccccc1Cl)c1ccc2c(c1)OCCO2. The summed E-state index contributed by atoms with van der Waals surface area (Å²) in [6, 6.07) is 12.3. The van der Waals surface area contributed by atoms with Crippen LogP contribution in [0.2, 0.25) is 5.02 Å². The molecule has 1 saturated heterocycles. The first kappa shape index (κ1) is 19.6. The summed E-state index contributed by atoms with van der Waals surface area (Å²) in [6.45, 7) is 3.29. The molecule has 2 aromatic rings. The highest BCUT2D eigenvalue weighted by molar-refractivity contribution is 6.31. The van der Waals surface area contributed by atoms with Crippen molar-refractivity contribution in [2.24, 2.45) is 0 Å². The summed E-state index contributed by atoms with van der Waals surface area (Å²) >= 11 is 6.24. The van der Waals surface area contributed by atoms with Crippen LogP contribution in [0.4, 0.5) is 0 Å². The minimum absolute atomic E-state index is 0.0305. The third-order valence-corrected chi connectivity index (χ3v) is 5.72. The number of ether oxygens (including phenoxy) is 2. The molecule has 1 N–H and O–H groups in total. The van der Waals surface area contributed by atoms with E-state index < -0.39 is 6.04 Å². The van der Waals surface area contributed by atoms with Crippen LogP contribution in [0.5, 0.6) is 11.5 Å². The number of benzene rings is 2. The number of likely N-dealkylation sites (tertiary alicyclic amines) is 1. The lowest BCUT2D eigenvalue weighted by molar-refractivity contribution is -0.136. The minimum atomic E-state index is -0.501. The largest absolute Gasteiger partial charge is 0.486 e. The summed E-state index contributed by atoms with van der Waals surface area (Å²) in [6.07, 6.45) is 0.865. The number of hydrogen-bond donors (Lipinski definition) is 1. The molecule has 7 heteroatoms. The lowest BCUT2D eigenvalue weighted by Crippen LogP contribution is -2.45. The van der Waals surface area contributed by atoms with Gasteiger partial charge in [-0.05, 0) is 42.7 Å². The molecule has 0 aromatic heterocycles. The van der Waals surface area contributed by atoms with Crippen molar-refractivity contribution >= 4 is 23.4 Å². The van der Waals surface area contributed by atoms with Crippen molar-refractivity contribution in [3.8, 4) is 11.5 Å². The van der Waals surface area contributed by atoms with Gasteiger partial charge in [0.25, 0.3) is 0 Å². The smallest absolute Gasteiger partial charge is 0.243 e. The molecular formula is C22H23ClN2O4. The number of hydrogen-bond acceptors (Lipinski definition) is 4. The Balaban J connectivity index is 1.45. The number of rotatable bonds is 5. The minimum Gasteiger partial charge on any atom is -0.486 e. The Hall–Kier alpha value is -2.73. The van der Waals surface area contributed by atoms with Crippen molar-refractivity contribution in [3.05, 3.63) is 58.6 Å². The molecule has 4 rings (SSSR count). The number of nitrogens with one attached hydrogen (secondary N) is 1. The Morgan fingerprint density at radius 1 is 1.21 bits per heavy atom. The van der Waals surface area contributed by atoms with E-state index in [0.717, 1.165) is 11.1 Å². The van der Waals surface area contributed by atoms with Gasteiger partial charge < -0.3 is 19.7 Å². The molecule has 2 aromatic carbocycles. The van der Waals surface area contributed by atoms with Gasteiger partial charge in [0, 0.05) is 18.0 Å². The van der Waals surface area contributed by atoms with Crippen molar-refractivity contribution in [2.75, 3.05) is 13.2 Å². The number of carbonyl (C=O) groups is 2. The summed E-state index contributed by atoms with van der Waals surface area (Å²) in [5.74, 6) is 1.21. The lowest BCUT2D eigenvalue weighted by atomic mass is 10.1. The quantitative estimate of drug-likeness (QED) is 0.813. The Kier molecular flexibility index (Phi) is 5.62. The van der Waals surface area contributed by atoms with Crippen LogP contribution in [0.15, 0.2) is 42.5 Å². The molecule has 2 amide bonds. The monoisotopic (exact) mass is 414 g/mol. The summed E-state index contributed by atoms with van der Waals surface area (Å²) < 4.78 is 11.2. The predicted molar refractivity (Wildman–Crippen MR) is 109 cm³/mol. The first-order chi connectivity index (χ1) is 14.0. The van der Waals surface area contributed by atoms with Gasteiger partial charge in [0.05, 0.1) is 6.04 Å². The van der Waals surface area contributed by atoms with Crippen LogP contribution in [-0.4, -0.2) is 36.0 Å². The summed E-state index contributed by atoms with van der Waals surface area (Å²) in [5.41, 5.74) is 1.76. The van der Waals surface area contributed by atoms with Crippen molar-refractivity contribution in [3.63, 3.8) is 0 Å². The molecule has 29 heavy (non-hydrogen) atoms. The fourth-order valence-electron chi connectivity index (χ4n) is 3.74. The second-order valence-electron chi connectivity index (χ2n) is 7.30. The molecule has 6 nitrogen and oxygen atoms in total. The Labute approximate surface area is 174 Å². The first-order valence-corrected chi connectivity index (χ1v) is 10.1. The fraction of sp³-hybridized carbons (Fsp3) is 0.364. The van der Waals surface area contributed by atoms with Gasteiger partial charge in [-0.2, -0.15) is 0 Å². The highest BCUT2D eigenvalue weighted by atomic mass is 35.5. The van der Waals surface area contributed by atoms with Gasteiger partial charge in [-0.1, -0.05) is 35.9 Å². The maximum absolute atomic E-state index is 13.0. The first-order valence-electron chi connectivity index (χ1n) is 9.75. The molecule has 152 valence electrons. The number of halogens is 1. The molecule has 2 atom stereocenters. The molecular weight excluding hydrogens is 392 g/mol.